The second-order valence-electron chi connectivity index (χ2n) is 4.04. The molecule has 1 heterocycles. The van der Waals surface area contributed by atoms with Crippen LogP contribution >= 0.6 is 0 Å². The Morgan fingerprint density at radius 2 is 1.80 bits per heavy atom. The van der Waals surface area contributed by atoms with Crippen LogP contribution in [0.3, 0.4) is 0 Å². The van der Waals surface area contributed by atoms with Crippen LogP contribution in [-0.4, -0.2) is 24.3 Å². The third kappa shape index (κ3) is 2.04. The zero-order valence-corrected chi connectivity index (χ0v) is 11.1. The molecule has 0 aromatic carbocycles. The molecule has 0 radical (unpaired) electrons. The van der Waals surface area contributed by atoms with Crippen molar-refractivity contribution >= 4 is 19.8 Å². The van der Waals surface area contributed by atoms with Gasteiger partial charge in [-0.1, -0.05) is 38.9 Å². The number of imidazole rings is 1. The Labute approximate surface area is 92.3 Å². The molecule has 15 heavy (non-hydrogen) atoms. The maximum atomic E-state index is 10.8. The second-order valence-corrected chi connectivity index (χ2v) is 9.20. The predicted molar refractivity (Wildman–Crippen MR) is 65.5 cm³/mol. The number of aromatic nitrogens is 2. The maximum absolute atomic E-state index is 10.8. The first-order valence-electron chi connectivity index (χ1n) is 5.65. The summed E-state index contributed by atoms with van der Waals surface area (Å²) in [5.41, 5.74) is 2.60. The summed E-state index contributed by atoms with van der Waals surface area (Å²) < 4.78 is 0. The standard InChI is InChI=1S/C11H20N2OSi/c1-5-15(6-2,7-3)11-12-9(4)10(8-14)13-11/h8H,5-7H2,1-4H3,(H,12,13). The molecule has 0 saturated carbocycles. The lowest BCUT2D eigenvalue weighted by Gasteiger charge is -2.24. The molecule has 0 aliphatic rings. The number of aldehydes is 1. The zero-order chi connectivity index (χ0) is 11.5. The average Bonchev–Trinajstić information content (AvgIpc) is 2.64. The molecule has 0 fully saturated rings. The molecule has 0 aliphatic carbocycles. The fourth-order valence-electron chi connectivity index (χ4n) is 2.09. The number of hydrogen-bond acceptors (Lipinski definition) is 2. The molecule has 3 nitrogen and oxygen atoms in total. The Hall–Kier alpha value is -0.903. The number of hydrogen-bond donors (Lipinski definition) is 1. The van der Waals surface area contributed by atoms with Crippen LogP contribution < -0.4 is 5.45 Å². The van der Waals surface area contributed by atoms with E-state index in [2.05, 4.69) is 30.7 Å². The normalized spacial score (nSPS) is 11.7. The first kappa shape index (κ1) is 12.2. The van der Waals surface area contributed by atoms with E-state index in [4.69, 9.17) is 0 Å². The maximum Gasteiger partial charge on any atom is 0.168 e. The topological polar surface area (TPSA) is 45.8 Å². The molecule has 84 valence electrons. The van der Waals surface area contributed by atoms with E-state index in [9.17, 15) is 4.79 Å². The van der Waals surface area contributed by atoms with Crippen LogP contribution in [0.5, 0.6) is 0 Å². The van der Waals surface area contributed by atoms with Crippen LogP contribution in [-0.2, 0) is 0 Å². The van der Waals surface area contributed by atoms with E-state index < -0.39 is 8.07 Å². The molecule has 1 rings (SSSR count). The number of rotatable bonds is 5. The van der Waals surface area contributed by atoms with Crippen molar-refractivity contribution in [3.05, 3.63) is 11.4 Å². The van der Waals surface area contributed by atoms with Gasteiger partial charge in [0, 0.05) is 0 Å². The number of nitrogens with one attached hydrogen (secondary N) is 1. The van der Waals surface area contributed by atoms with Crippen LogP contribution in [0.2, 0.25) is 18.1 Å². The molecule has 4 heteroatoms. The number of carbonyl (C=O) groups is 1. The quantitative estimate of drug-likeness (QED) is 0.616. The monoisotopic (exact) mass is 224 g/mol. The van der Waals surface area contributed by atoms with Gasteiger partial charge in [-0.25, -0.2) is 4.98 Å². The van der Waals surface area contributed by atoms with Gasteiger partial charge in [0.05, 0.1) is 11.1 Å². The van der Waals surface area contributed by atoms with Gasteiger partial charge in [0.25, 0.3) is 0 Å². The smallest absolute Gasteiger partial charge is 0.168 e. The number of H-pyrrole nitrogens is 1. The fourth-order valence-corrected chi connectivity index (χ4v) is 5.40. The molecule has 0 amide bonds. The van der Waals surface area contributed by atoms with Crippen LogP contribution in [0, 0.1) is 6.92 Å². The minimum absolute atomic E-state index is 0.650. The van der Waals surface area contributed by atoms with Crippen molar-refractivity contribution in [3.63, 3.8) is 0 Å². The Kier molecular flexibility index (Phi) is 3.85. The number of aromatic amines is 1. The molecule has 0 atom stereocenters. The van der Waals surface area contributed by atoms with Crippen LogP contribution in [0.25, 0.3) is 0 Å². The molecule has 0 spiro atoms. The lowest BCUT2D eigenvalue weighted by atomic mass is 10.4. The van der Waals surface area contributed by atoms with Crippen LogP contribution in [0.15, 0.2) is 0 Å². The first-order chi connectivity index (χ1) is 7.13. The summed E-state index contributed by atoms with van der Waals surface area (Å²) in [6.07, 6.45) is 0.867. The first-order valence-corrected chi connectivity index (χ1v) is 8.27. The third-order valence-electron chi connectivity index (χ3n) is 3.57. The number of nitrogens with zero attached hydrogens (tertiary/aromatic N) is 1. The lowest BCUT2D eigenvalue weighted by molar-refractivity contribution is 0.111. The zero-order valence-electron chi connectivity index (χ0n) is 10.1. The molecule has 1 aromatic rings. The van der Waals surface area contributed by atoms with E-state index in [1.807, 2.05) is 6.92 Å². The van der Waals surface area contributed by atoms with E-state index in [-0.39, 0.29) is 0 Å². The average molecular weight is 224 g/mol. The van der Waals surface area contributed by atoms with Crippen LogP contribution in [0.4, 0.5) is 0 Å². The number of carbonyl (C=O) groups excluding carboxylic acids is 1. The molecule has 0 aliphatic heterocycles. The van der Waals surface area contributed by atoms with Gasteiger partial charge in [0.1, 0.15) is 13.8 Å². The van der Waals surface area contributed by atoms with Gasteiger partial charge in [-0.15, -0.1) is 0 Å². The van der Waals surface area contributed by atoms with E-state index in [1.54, 1.807) is 0 Å². The molecule has 1 N–H and O–H groups in total. The van der Waals surface area contributed by atoms with E-state index in [0.717, 1.165) is 17.4 Å². The van der Waals surface area contributed by atoms with Crippen LogP contribution in [0.1, 0.15) is 37.0 Å². The van der Waals surface area contributed by atoms with Gasteiger partial charge >= 0.3 is 0 Å². The van der Waals surface area contributed by atoms with Crippen molar-refractivity contribution in [1.29, 1.82) is 0 Å². The Morgan fingerprint density at radius 1 is 1.27 bits per heavy atom. The lowest BCUT2D eigenvalue weighted by Crippen LogP contribution is -2.48. The van der Waals surface area contributed by atoms with E-state index in [1.165, 1.54) is 18.1 Å². The van der Waals surface area contributed by atoms with Crippen molar-refractivity contribution in [1.82, 2.24) is 9.97 Å². The highest BCUT2D eigenvalue weighted by Gasteiger charge is 2.33. The fraction of sp³-hybridized carbons (Fsp3) is 0.636. The highest BCUT2D eigenvalue weighted by atomic mass is 28.3. The van der Waals surface area contributed by atoms with Gasteiger partial charge in [-0.2, -0.15) is 0 Å². The Bertz CT molecular complexity index is 334. The highest BCUT2D eigenvalue weighted by molar-refractivity contribution is 6.90. The van der Waals surface area contributed by atoms with Gasteiger partial charge in [0.15, 0.2) is 6.29 Å². The Morgan fingerprint density at radius 3 is 2.13 bits per heavy atom. The van der Waals surface area contributed by atoms with Gasteiger partial charge < -0.3 is 4.98 Å². The largest absolute Gasteiger partial charge is 0.344 e. The molecule has 0 bridgehead atoms. The van der Waals surface area contributed by atoms with Crippen molar-refractivity contribution in [2.24, 2.45) is 0 Å². The molecule has 0 saturated heterocycles. The third-order valence-corrected chi connectivity index (χ3v) is 8.88. The molecule has 0 unspecified atom stereocenters. The predicted octanol–water partition coefficient (Wildman–Crippen LogP) is 2.25. The molecule has 1 aromatic heterocycles. The van der Waals surface area contributed by atoms with Gasteiger partial charge in [-0.3, -0.25) is 4.79 Å². The summed E-state index contributed by atoms with van der Waals surface area (Å²) in [5.74, 6) is 0. The summed E-state index contributed by atoms with van der Waals surface area (Å²) in [6.45, 7) is 8.59. The van der Waals surface area contributed by atoms with Crippen molar-refractivity contribution < 1.29 is 4.79 Å². The number of aryl methyl sites for hydroxylation is 1. The second kappa shape index (κ2) is 4.75. The van der Waals surface area contributed by atoms with E-state index >= 15 is 0 Å². The summed E-state index contributed by atoms with van der Waals surface area (Å²) in [6, 6.07) is 3.56. The van der Waals surface area contributed by atoms with E-state index in [0.29, 0.717) is 5.69 Å². The Balaban J connectivity index is 3.17. The summed E-state index contributed by atoms with van der Waals surface area (Å²) >= 11 is 0. The molecular formula is C11H20N2OSi. The summed E-state index contributed by atoms with van der Waals surface area (Å²) in [5, 5.41) is 0. The molecular weight excluding hydrogens is 204 g/mol. The SMILES string of the molecule is CC[Si](CC)(CC)c1nc(C)c(C=O)[nH]1. The van der Waals surface area contributed by atoms with Crippen molar-refractivity contribution in [3.8, 4) is 0 Å². The van der Waals surface area contributed by atoms with Gasteiger partial charge in [0.2, 0.25) is 0 Å². The van der Waals surface area contributed by atoms with Crippen molar-refractivity contribution in [2.45, 2.75) is 45.8 Å². The highest BCUT2D eigenvalue weighted by Crippen LogP contribution is 2.19. The van der Waals surface area contributed by atoms with Gasteiger partial charge in [-0.05, 0) is 6.92 Å². The summed E-state index contributed by atoms with van der Waals surface area (Å²) in [7, 11) is -1.45. The van der Waals surface area contributed by atoms with Crippen molar-refractivity contribution in [2.75, 3.05) is 0 Å². The summed E-state index contributed by atoms with van der Waals surface area (Å²) in [4.78, 5) is 18.5. The minimum atomic E-state index is -1.45. The minimum Gasteiger partial charge on any atom is -0.344 e.